The van der Waals surface area contributed by atoms with Gasteiger partial charge in [0, 0.05) is 39.1 Å². The molecule has 142 valence electrons. The highest BCUT2D eigenvalue weighted by atomic mass is 35.5. The van der Waals surface area contributed by atoms with Gasteiger partial charge in [0.05, 0.1) is 21.5 Å². The van der Waals surface area contributed by atoms with Crippen LogP contribution >= 0.6 is 23.2 Å². The zero-order chi connectivity index (χ0) is 19.2. The molecular formula is C18H23Cl2N3O2S. The number of anilines is 1. The Morgan fingerprint density at radius 2 is 1.62 bits per heavy atom. The lowest BCUT2D eigenvalue weighted by Crippen LogP contribution is -2.37. The average Bonchev–Trinajstić information content (AvgIpc) is 2.59. The first-order valence-electron chi connectivity index (χ1n) is 8.37. The van der Waals surface area contributed by atoms with E-state index in [4.69, 9.17) is 23.2 Å². The van der Waals surface area contributed by atoms with Crippen LogP contribution < -0.4 is 4.90 Å². The van der Waals surface area contributed by atoms with Gasteiger partial charge >= 0.3 is 0 Å². The quantitative estimate of drug-likeness (QED) is 0.619. The fourth-order valence-corrected chi connectivity index (χ4v) is 4.41. The molecule has 0 saturated carbocycles. The molecule has 0 N–H and O–H groups in total. The van der Waals surface area contributed by atoms with Crippen molar-refractivity contribution in [2.75, 3.05) is 31.6 Å². The summed E-state index contributed by atoms with van der Waals surface area (Å²) in [6, 6.07) is 9.16. The van der Waals surface area contributed by atoms with Gasteiger partial charge < -0.3 is 4.90 Å². The highest BCUT2D eigenvalue weighted by Crippen LogP contribution is 2.32. The number of aromatic nitrogens is 1. The highest BCUT2D eigenvalue weighted by molar-refractivity contribution is 7.88. The van der Waals surface area contributed by atoms with Crippen molar-refractivity contribution in [3.05, 3.63) is 58.3 Å². The largest absolute Gasteiger partial charge is 0.368 e. The maximum Gasteiger partial charge on any atom is 0.218 e. The lowest BCUT2D eigenvalue weighted by atomic mass is 10.2. The highest BCUT2D eigenvalue weighted by Gasteiger charge is 2.21. The summed E-state index contributed by atoms with van der Waals surface area (Å²) >= 11 is 12.5. The van der Waals surface area contributed by atoms with E-state index < -0.39 is 10.0 Å². The van der Waals surface area contributed by atoms with Gasteiger partial charge in [-0.15, -0.1) is 0 Å². The number of nitrogens with zero attached hydrogens (tertiary/aromatic N) is 3. The van der Waals surface area contributed by atoms with Gasteiger partial charge in [-0.1, -0.05) is 60.5 Å². The van der Waals surface area contributed by atoms with E-state index in [-0.39, 0.29) is 5.75 Å². The Hall–Kier alpha value is -1.34. The molecule has 0 aliphatic carbocycles. The molecule has 0 amide bonds. The molecule has 1 heterocycles. The minimum atomic E-state index is -3.40. The van der Waals surface area contributed by atoms with Crippen molar-refractivity contribution in [3.8, 4) is 0 Å². The Kier molecular flexibility index (Phi) is 7.70. The molecule has 0 aliphatic heterocycles. The van der Waals surface area contributed by atoms with Crippen LogP contribution in [0.5, 0.6) is 0 Å². The first kappa shape index (κ1) is 21.0. The fraction of sp³-hybridized carbons (Fsp3) is 0.389. The fourth-order valence-electron chi connectivity index (χ4n) is 2.61. The van der Waals surface area contributed by atoms with Crippen molar-refractivity contribution in [1.29, 1.82) is 0 Å². The molecule has 0 bridgehead atoms. The minimum Gasteiger partial charge on any atom is -0.368 e. The summed E-state index contributed by atoms with van der Waals surface area (Å²) < 4.78 is 26.6. The van der Waals surface area contributed by atoms with Crippen molar-refractivity contribution in [1.82, 2.24) is 9.29 Å². The topological polar surface area (TPSA) is 53.5 Å². The number of hydrogen-bond donors (Lipinski definition) is 0. The van der Waals surface area contributed by atoms with Gasteiger partial charge in [0.15, 0.2) is 0 Å². The molecular weight excluding hydrogens is 393 g/mol. The Morgan fingerprint density at radius 1 is 1.00 bits per heavy atom. The second-order valence-corrected chi connectivity index (χ2v) is 8.89. The Bertz CT molecular complexity index is 796. The minimum absolute atomic E-state index is 0.0190. The van der Waals surface area contributed by atoms with Crippen molar-refractivity contribution in [3.63, 3.8) is 0 Å². The normalized spacial score (nSPS) is 11.7. The van der Waals surface area contributed by atoms with E-state index in [9.17, 15) is 8.42 Å². The van der Waals surface area contributed by atoms with Crippen molar-refractivity contribution in [2.45, 2.75) is 19.1 Å². The summed E-state index contributed by atoms with van der Waals surface area (Å²) in [5.41, 5.74) is 1.46. The maximum absolute atomic E-state index is 12.6. The van der Waals surface area contributed by atoms with Crippen LogP contribution in [-0.4, -0.2) is 44.4 Å². The van der Waals surface area contributed by atoms with Gasteiger partial charge in [0.2, 0.25) is 10.0 Å². The molecule has 5 nitrogen and oxygen atoms in total. The number of benzene rings is 1. The molecule has 1 aromatic heterocycles. The van der Waals surface area contributed by atoms with Crippen molar-refractivity contribution >= 4 is 38.9 Å². The molecule has 0 spiro atoms. The van der Waals surface area contributed by atoms with Crippen LogP contribution in [0.3, 0.4) is 0 Å². The predicted octanol–water partition coefficient (Wildman–Crippen LogP) is 4.07. The van der Waals surface area contributed by atoms with Crippen LogP contribution in [0.4, 0.5) is 5.69 Å². The van der Waals surface area contributed by atoms with Crippen LogP contribution in [0.2, 0.25) is 10.0 Å². The molecule has 0 atom stereocenters. The Labute approximate surface area is 165 Å². The Balaban J connectivity index is 2.08. The first-order chi connectivity index (χ1) is 12.3. The third-order valence-corrected chi connectivity index (χ3v) is 6.37. The molecule has 0 unspecified atom stereocenters. The third kappa shape index (κ3) is 5.58. The molecule has 2 rings (SSSR count). The van der Waals surface area contributed by atoms with Gasteiger partial charge in [-0.3, -0.25) is 4.98 Å². The van der Waals surface area contributed by atoms with Gasteiger partial charge in [-0.2, -0.15) is 0 Å². The second kappa shape index (κ2) is 9.55. The summed E-state index contributed by atoms with van der Waals surface area (Å²) in [5.74, 6) is -0.0190. The van der Waals surface area contributed by atoms with E-state index >= 15 is 0 Å². The van der Waals surface area contributed by atoms with E-state index in [1.54, 1.807) is 19.4 Å². The van der Waals surface area contributed by atoms with Crippen LogP contribution in [0, 0.1) is 0 Å². The van der Waals surface area contributed by atoms with Crippen LogP contribution in [-0.2, 0) is 15.8 Å². The van der Waals surface area contributed by atoms with Gasteiger partial charge in [-0.25, -0.2) is 12.7 Å². The van der Waals surface area contributed by atoms with Gasteiger partial charge in [-0.05, 0) is 12.0 Å². The molecule has 2 aromatic rings. The number of halogens is 2. The molecule has 0 radical (unpaired) electrons. The summed E-state index contributed by atoms with van der Waals surface area (Å²) in [4.78, 5) is 5.97. The summed E-state index contributed by atoms with van der Waals surface area (Å²) in [5, 5.41) is 0.918. The zero-order valence-electron chi connectivity index (χ0n) is 14.9. The molecule has 0 aliphatic rings. The Morgan fingerprint density at radius 3 is 2.19 bits per heavy atom. The van der Waals surface area contributed by atoms with Crippen LogP contribution in [0.15, 0.2) is 42.7 Å². The predicted molar refractivity (Wildman–Crippen MR) is 108 cm³/mol. The summed E-state index contributed by atoms with van der Waals surface area (Å²) in [6.07, 6.45) is 3.97. The first-order valence-corrected chi connectivity index (χ1v) is 10.7. The molecule has 26 heavy (non-hydrogen) atoms. The molecule has 8 heteroatoms. The lowest BCUT2D eigenvalue weighted by Gasteiger charge is -2.28. The average molecular weight is 416 g/mol. The third-order valence-electron chi connectivity index (χ3n) is 3.99. The summed E-state index contributed by atoms with van der Waals surface area (Å²) in [6.45, 7) is 3.59. The number of hydrogen-bond acceptors (Lipinski definition) is 4. The molecule has 0 saturated heterocycles. The van der Waals surface area contributed by atoms with E-state index in [0.29, 0.717) is 28.8 Å². The SMILES string of the molecule is CCCN(CCN(C)S(=O)(=O)Cc1ccccc1)c1c(Cl)cncc1Cl. The maximum atomic E-state index is 12.6. The number of likely N-dealkylation sites (N-methyl/N-ethyl adjacent to an activating group) is 1. The van der Waals surface area contributed by atoms with Crippen LogP contribution in [0.1, 0.15) is 18.9 Å². The number of sulfonamides is 1. The smallest absolute Gasteiger partial charge is 0.218 e. The van der Waals surface area contributed by atoms with Crippen LogP contribution in [0.25, 0.3) is 0 Å². The molecule has 1 aromatic carbocycles. The van der Waals surface area contributed by atoms with E-state index in [1.807, 2.05) is 42.2 Å². The number of rotatable bonds is 9. The zero-order valence-corrected chi connectivity index (χ0v) is 17.2. The lowest BCUT2D eigenvalue weighted by molar-refractivity contribution is 0.469. The van der Waals surface area contributed by atoms with E-state index in [1.165, 1.54) is 4.31 Å². The van der Waals surface area contributed by atoms with Gasteiger partial charge in [0.25, 0.3) is 0 Å². The van der Waals surface area contributed by atoms with Gasteiger partial charge in [0.1, 0.15) is 0 Å². The number of pyridine rings is 1. The van der Waals surface area contributed by atoms with E-state index in [2.05, 4.69) is 4.98 Å². The monoisotopic (exact) mass is 415 g/mol. The molecule has 0 fully saturated rings. The van der Waals surface area contributed by atoms with Crippen molar-refractivity contribution < 1.29 is 8.42 Å². The van der Waals surface area contributed by atoms with Crippen molar-refractivity contribution in [2.24, 2.45) is 0 Å². The van der Waals surface area contributed by atoms with E-state index in [0.717, 1.165) is 18.5 Å². The summed E-state index contributed by atoms with van der Waals surface area (Å²) in [7, 11) is -1.80. The second-order valence-electron chi connectivity index (χ2n) is 6.00. The standard InChI is InChI=1S/C18H23Cl2N3O2S/c1-3-9-23(18-16(19)12-21-13-17(18)20)11-10-22(2)26(24,25)14-15-7-5-4-6-8-15/h4-8,12-13H,3,9-11,14H2,1-2H3.